The van der Waals surface area contributed by atoms with Crippen LogP contribution in [0, 0.1) is 0 Å². The zero-order valence-electron chi connectivity index (χ0n) is 10.6. The normalized spacial score (nSPS) is 16.4. The summed E-state index contributed by atoms with van der Waals surface area (Å²) in [6.07, 6.45) is 0.258. The number of hydrogen-bond donors (Lipinski definition) is 2. The first-order chi connectivity index (χ1) is 9.47. The molecule has 0 spiro atoms. The molecule has 1 heterocycles. The van der Waals surface area contributed by atoms with Crippen molar-refractivity contribution in [1.29, 1.82) is 0 Å². The van der Waals surface area contributed by atoms with Crippen molar-refractivity contribution >= 4 is 17.8 Å². The zero-order chi connectivity index (χ0) is 14.7. The fourth-order valence-electron chi connectivity index (χ4n) is 1.78. The molecule has 1 aromatic carbocycles. The Morgan fingerprint density at radius 3 is 2.35 bits per heavy atom. The molecule has 2 rings (SSSR count). The summed E-state index contributed by atoms with van der Waals surface area (Å²) in [7, 11) is 0. The van der Waals surface area contributed by atoms with Crippen molar-refractivity contribution in [3.05, 3.63) is 29.8 Å². The molecule has 1 aliphatic rings. The lowest BCUT2D eigenvalue weighted by molar-refractivity contribution is -0.198. The van der Waals surface area contributed by atoms with E-state index in [1.807, 2.05) is 0 Å². The summed E-state index contributed by atoms with van der Waals surface area (Å²) >= 11 is 0. The molecule has 2 amide bonds. The number of nitrogens with zero attached hydrogens (tertiary/aromatic N) is 1. The third kappa shape index (κ3) is 3.12. The summed E-state index contributed by atoms with van der Waals surface area (Å²) in [5.74, 6) is -1.82. The number of benzene rings is 1. The Balaban J connectivity index is 1.93. The maximum atomic E-state index is 11.7. The van der Waals surface area contributed by atoms with Crippen molar-refractivity contribution in [2.45, 2.75) is 25.3 Å². The molecule has 1 fully saturated rings. The number of imide groups is 1. The fourth-order valence-corrected chi connectivity index (χ4v) is 1.78. The summed E-state index contributed by atoms with van der Waals surface area (Å²) in [4.78, 5) is 39.0. The van der Waals surface area contributed by atoms with Gasteiger partial charge in [0.1, 0.15) is 11.8 Å². The van der Waals surface area contributed by atoms with Gasteiger partial charge >= 0.3 is 5.97 Å². The van der Waals surface area contributed by atoms with Gasteiger partial charge in [-0.3, -0.25) is 9.59 Å². The summed E-state index contributed by atoms with van der Waals surface area (Å²) in [6, 6.07) is 5.19. The van der Waals surface area contributed by atoms with Gasteiger partial charge in [-0.2, -0.15) is 0 Å². The summed E-state index contributed by atoms with van der Waals surface area (Å²) in [6.45, 7) is 0. The molecular weight excluding hydrogens is 264 g/mol. The maximum Gasteiger partial charge on any atom is 0.350 e. The van der Waals surface area contributed by atoms with Gasteiger partial charge in [0.25, 0.3) is 11.8 Å². The Kier molecular flexibility index (Phi) is 3.99. The van der Waals surface area contributed by atoms with Gasteiger partial charge < -0.3 is 15.7 Å². The van der Waals surface area contributed by atoms with Gasteiger partial charge in [0.15, 0.2) is 0 Å². The van der Waals surface area contributed by atoms with Crippen molar-refractivity contribution in [1.82, 2.24) is 5.06 Å². The van der Waals surface area contributed by atoms with Crippen LogP contribution in [0.5, 0.6) is 5.75 Å². The maximum absolute atomic E-state index is 11.7. The van der Waals surface area contributed by atoms with Crippen LogP contribution >= 0.6 is 0 Å². The minimum Gasteiger partial charge on any atom is -0.508 e. The van der Waals surface area contributed by atoms with Crippen LogP contribution in [-0.4, -0.2) is 34.0 Å². The van der Waals surface area contributed by atoms with Crippen LogP contribution in [0.3, 0.4) is 0 Å². The fraction of sp³-hybridized carbons (Fsp3) is 0.308. The average Bonchev–Trinajstić information content (AvgIpc) is 2.73. The van der Waals surface area contributed by atoms with E-state index in [1.165, 1.54) is 12.1 Å². The Morgan fingerprint density at radius 2 is 1.80 bits per heavy atom. The van der Waals surface area contributed by atoms with Gasteiger partial charge in [-0.05, 0) is 24.1 Å². The van der Waals surface area contributed by atoms with E-state index in [2.05, 4.69) is 0 Å². The number of aromatic hydroxyl groups is 1. The van der Waals surface area contributed by atoms with Gasteiger partial charge in [-0.15, -0.1) is 5.06 Å². The van der Waals surface area contributed by atoms with Crippen molar-refractivity contribution < 1.29 is 24.3 Å². The molecule has 0 radical (unpaired) electrons. The van der Waals surface area contributed by atoms with Gasteiger partial charge in [-0.1, -0.05) is 12.1 Å². The quantitative estimate of drug-likeness (QED) is 0.742. The Hall–Kier alpha value is -2.41. The van der Waals surface area contributed by atoms with E-state index in [-0.39, 0.29) is 25.0 Å². The zero-order valence-corrected chi connectivity index (χ0v) is 10.6. The molecule has 0 aliphatic carbocycles. The van der Waals surface area contributed by atoms with Crippen LogP contribution in [0.1, 0.15) is 18.4 Å². The van der Waals surface area contributed by atoms with Gasteiger partial charge in [0.2, 0.25) is 0 Å². The molecule has 20 heavy (non-hydrogen) atoms. The lowest BCUT2D eigenvalue weighted by Crippen LogP contribution is -2.41. The van der Waals surface area contributed by atoms with E-state index in [4.69, 9.17) is 15.7 Å². The molecule has 3 N–H and O–H groups in total. The number of phenols is 1. The number of phenolic OH excluding ortho intramolecular Hbond substituents is 1. The highest BCUT2D eigenvalue weighted by molar-refractivity contribution is 6.01. The number of carbonyl (C=O) groups is 3. The van der Waals surface area contributed by atoms with Gasteiger partial charge in [-0.25, -0.2) is 4.79 Å². The Labute approximate surface area is 114 Å². The minimum absolute atomic E-state index is 0.0410. The van der Waals surface area contributed by atoms with Crippen LogP contribution < -0.4 is 5.73 Å². The van der Waals surface area contributed by atoms with Crippen molar-refractivity contribution in [2.75, 3.05) is 0 Å². The second-order valence-corrected chi connectivity index (χ2v) is 4.47. The topological polar surface area (TPSA) is 110 Å². The van der Waals surface area contributed by atoms with E-state index < -0.39 is 23.8 Å². The first-order valence-electron chi connectivity index (χ1n) is 6.08. The monoisotopic (exact) mass is 278 g/mol. The first kappa shape index (κ1) is 14.0. The van der Waals surface area contributed by atoms with Crippen molar-refractivity contribution in [3.63, 3.8) is 0 Å². The molecule has 1 saturated heterocycles. The molecule has 106 valence electrons. The molecule has 0 saturated carbocycles. The molecular formula is C13H14N2O5. The number of carbonyl (C=O) groups excluding carboxylic acids is 3. The van der Waals surface area contributed by atoms with Crippen molar-refractivity contribution in [3.8, 4) is 5.75 Å². The highest BCUT2D eigenvalue weighted by Gasteiger charge is 2.34. The Bertz CT molecular complexity index is 524. The number of hydrogen-bond acceptors (Lipinski definition) is 6. The van der Waals surface area contributed by atoms with Crippen LogP contribution in [-0.2, 0) is 25.6 Å². The number of amides is 2. The van der Waals surface area contributed by atoms with E-state index in [0.717, 1.165) is 5.56 Å². The smallest absolute Gasteiger partial charge is 0.350 e. The summed E-state index contributed by atoms with van der Waals surface area (Å²) < 4.78 is 0. The third-order valence-corrected chi connectivity index (χ3v) is 2.88. The minimum atomic E-state index is -0.999. The lowest BCUT2D eigenvalue weighted by atomic mass is 10.1. The first-order valence-corrected chi connectivity index (χ1v) is 6.08. The second-order valence-electron chi connectivity index (χ2n) is 4.47. The molecule has 7 heteroatoms. The van der Waals surface area contributed by atoms with E-state index in [9.17, 15) is 14.4 Å². The molecule has 7 nitrogen and oxygen atoms in total. The SMILES string of the molecule is N[C@@H](Cc1ccc(O)cc1)C(=O)ON1C(=O)CCC1=O. The lowest BCUT2D eigenvalue weighted by Gasteiger charge is -2.16. The third-order valence-electron chi connectivity index (χ3n) is 2.88. The largest absolute Gasteiger partial charge is 0.508 e. The van der Waals surface area contributed by atoms with Crippen molar-refractivity contribution in [2.24, 2.45) is 5.73 Å². The summed E-state index contributed by atoms with van der Waals surface area (Å²) in [5, 5.41) is 9.61. The highest BCUT2D eigenvalue weighted by atomic mass is 16.7. The molecule has 1 atom stereocenters. The Morgan fingerprint density at radius 1 is 1.25 bits per heavy atom. The van der Waals surface area contributed by atoms with Crippen LogP contribution in [0.4, 0.5) is 0 Å². The van der Waals surface area contributed by atoms with E-state index in [0.29, 0.717) is 5.06 Å². The van der Waals surface area contributed by atoms with Gasteiger partial charge in [0.05, 0.1) is 0 Å². The highest BCUT2D eigenvalue weighted by Crippen LogP contribution is 2.14. The number of rotatable bonds is 4. The molecule has 0 aromatic heterocycles. The predicted molar refractivity (Wildman–Crippen MR) is 67.0 cm³/mol. The van der Waals surface area contributed by atoms with Gasteiger partial charge in [0, 0.05) is 12.8 Å². The average molecular weight is 278 g/mol. The van der Waals surface area contributed by atoms with Crippen LogP contribution in [0.25, 0.3) is 0 Å². The number of nitrogens with two attached hydrogens (primary N) is 1. The molecule has 1 aromatic rings. The second kappa shape index (κ2) is 5.70. The molecule has 0 bridgehead atoms. The van der Waals surface area contributed by atoms with E-state index >= 15 is 0 Å². The van der Waals surface area contributed by atoms with Crippen LogP contribution in [0.15, 0.2) is 24.3 Å². The predicted octanol–water partition coefficient (Wildman–Crippen LogP) is -0.131. The molecule has 1 aliphatic heterocycles. The van der Waals surface area contributed by atoms with Crippen LogP contribution in [0.2, 0.25) is 0 Å². The summed E-state index contributed by atoms with van der Waals surface area (Å²) in [5.41, 5.74) is 6.40. The standard InChI is InChI=1S/C13H14N2O5/c14-10(7-8-1-3-9(16)4-2-8)13(19)20-15-11(17)5-6-12(15)18/h1-4,10,16H,5-7,14H2/t10-/m0/s1. The van der Waals surface area contributed by atoms with E-state index in [1.54, 1.807) is 12.1 Å². The number of hydroxylamine groups is 2. The molecule has 0 unspecified atom stereocenters.